The minimum absolute atomic E-state index is 0.159. The zero-order valence-electron chi connectivity index (χ0n) is 20.2. The number of aliphatic carboxylic acids is 1. The van der Waals surface area contributed by atoms with Crippen molar-refractivity contribution in [3.05, 3.63) is 62.0 Å². The fraction of sp³-hybridized carbons (Fsp3) is 0.400. The van der Waals surface area contributed by atoms with Gasteiger partial charge in [-0.1, -0.05) is 13.8 Å². The van der Waals surface area contributed by atoms with Crippen LogP contribution in [0.2, 0.25) is 0 Å². The topological polar surface area (TPSA) is 140 Å². The molecule has 1 fully saturated rings. The van der Waals surface area contributed by atoms with Crippen molar-refractivity contribution in [3.8, 4) is 0 Å². The molecular weight excluding hydrogens is 482 g/mol. The monoisotopic (exact) mass is 511 g/mol. The summed E-state index contributed by atoms with van der Waals surface area (Å²) in [6.45, 7) is 5.12. The number of amides is 1. The van der Waals surface area contributed by atoms with Crippen LogP contribution in [0, 0.1) is 0 Å². The molecule has 0 aromatic carbocycles. The van der Waals surface area contributed by atoms with Crippen LogP contribution in [-0.2, 0) is 22.4 Å². The molecule has 3 aromatic rings. The third-order valence-electron chi connectivity index (χ3n) is 6.05. The number of aryl methyl sites for hydroxylation is 2. The molecule has 0 aliphatic carbocycles. The van der Waals surface area contributed by atoms with Gasteiger partial charge in [0.2, 0.25) is 0 Å². The van der Waals surface area contributed by atoms with Gasteiger partial charge < -0.3 is 20.5 Å². The van der Waals surface area contributed by atoms with E-state index >= 15 is 0 Å². The van der Waals surface area contributed by atoms with Gasteiger partial charge in [0.15, 0.2) is 0 Å². The second kappa shape index (κ2) is 10.9. The van der Waals surface area contributed by atoms with Crippen molar-refractivity contribution in [3.63, 3.8) is 0 Å². The van der Waals surface area contributed by atoms with E-state index in [4.69, 9.17) is 25.5 Å². The van der Waals surface area contributed by atoms with Gasteiger partial charge in [0, 0.05) is 30.6 Å². The third-order valence-corrected chi connectivity index (χ3v) is 6.98. The zero-order valence-corrected chi connectivity index (χ0v) is 21.0. The number of nitrogens with zero attached hydrogens (tertiary/aromatic N) is 4. The molecule has 1 aliphatic rings. The standard InChI is InChI=1S/C25H29N5O5S/c1-15(2)19-14-36-21(27-19)7-5-16-9-11-30-20(12-16)28-23(18(24(30)33)6-8-22(31)32)29-10-3-4-17(13-29)35-25(26)34/h6,8-9,11-12,14-15,17H,3-5,7,10,13H2,1-2H3,(H2,26,34)(H,31,32)/t17-/m1/s1. The highest BCUT2D eigenvalue weighted by Crippen LogP contribution is 2.24. The summed E-state index contributed by atoms with van der Waals surface area (Å²) in [4.78, 5) is 47.1. The maximum Gasteiger partial charge on any atom is 0.404 e. The fourth-order valence-electron chi connectivity index (χ4n) is 4.23. The lowest BCUT2D eigenvalue weighted by Crippen LogP contribution is -2.43. The molecule has 0 unspecified atom stereocenters. The van der Waals surface area contributed by atoms with Crippen molar-refractivity contribution < 1.29 is 19.4 Å². The average molecular weight is 512 g/mol. The molecule has 0 saturated carbocycles. The number of pyridine rings is 1. The van der Waals surface area contributed by atoms with Crippen molar-refractivity contribution in [2.45, 2.75) is 51.6 Å². The summed E-state index contributed by atoms with van der Waals surface area (Å²) in [5, 5.41) is 12.3. The first kappa shape index (κ1) is 25.4. The van der Waals surface area contributed by atoms with E-state index in [9.17, 15) is 14.4 Å². The number of carbonyl (C=O) groups is 2. The van der Waals surface area contributed by atoms with E-state index < -0.39 is 18.2 Å². The summed E-state index contributed by atoms with van der Waals surface area (Å²) in [5.41, 5.74) is 7.53. The molecule has 36 heavy (non-hydrogen) atoms. The Labute approximate surface area is 212 Å². The summed E-state index contributed by atoms with van der Waals surface area (Å²) in [7, 11) is 0. The van der Waals surface area contributed by atoms with Crippen LogP contribution in [-0.4, -0.2) is 50.7 Å². The SMILES string of the molecule is CC(C)c1csc(CCc2ccn3c(=O)c(C=CC(=O)O)c(N4CCC[C@@H](OC(N)=O)C4)nc3c2)n1. The van der Waals surface area contributed by atoms with E-state index in [-0.39, 0.29) is 11.1 Å². The number of hydrogen-bond acceptors (Lipinski definition) is 8. The molecule has 3 N–H and O–H groups in total. The summed E-state index contributed by atoms with van der Waals surface area (Å²) < 4.78 is 6.59. The first-order valence-electron chi connectivity index (χ1n) is 11.8. The fourth-order valence-corrected chi connectivity index (χ4v) is 5.19. The smallest absolute Gasteiger partial charge is 0.404 e. The summed E-state index contributed by atoms with van der Waals surface area (Å²) in [6.07, 6.45) is 5.42. The number of fused-ring (bicyclic) bond motifs is 1. The van der Waals surface area contributed by atoms with E-state index in [1.54, 1.807) is 17.5 Å². The molecule has 0 radical (unpaired) electrons. The van der Waals surface area contributed by atoms with Crippen molar-refractivity contribution in [1.82, 2.24) is 14.4 Å². The summed E-state index contributed by atoms with van der Waals surface area (Å²) in [6, 6.07) is 3.74. The Morgan fingerprint density at radius 3 is 2.83 bits per heavy atom. The molecule has 1 amide bonds. The van der Waals surface area contributed by atoms with Gasteiger partial charge in [-0.25, -0.2) is 19.6 Å². The number of carboxylic acid groups (broad SMARTS) is 1. The molecule has 1 saturated heterocycles. The van der Waals surface area contributed by atoms with Gasteiger partial charge in [0.25, 0.3) is 5.56 Å². The third kappa shape index (κ3) is 5.91. The second-order valence-corrected chi connectivity index (χ2v) is 10.00. The number of nitrogens with two attached hydrogens (primary N) is 1. The second-order valence-electron chi connectivity index (χ2n) is 9.06. The van der Waals surface area contributed by atoms with E-state index in [0.29, 0.717) is 43.3 Å². The molecule has 4 heterocycles. The number of piperidine rings is 1. The highest BCUT2D eigenvalue weighted by atomic mass is 32.1. The Morgan fingerprint density at radius 1 is 1.33 bits per heavy atom. The van der Waals surface area contributed by atoms with E-state index in [0.717, 1.165) is 35.2 Å². The minimum atomic E-state index is -1.17. The maximum atomic E-state index is 13.4. The summed E-state index contributed by atoms with van der Waals surface area (Å²) >= 11 is 1.65. The van der Waals surface area contributed by atoms with Crippen molar-refractivity contribution in [2.24, 2.45) is 5.73 Å². The highest BCUT2D eigenvalue weighted by Gasteiger charge is 2.26. The number of carbonyl (C=O) groups excluding carboxylic acids is 1. The van der Waals surface area contributed by atoms with Crippen LogP contribution < -0.4 is 16.2 Å². The average Bonchev–Trinajstić information content (AvgIpc) is 3.31. The number of primary amides is 1. The number of thiazole rings is 1. The maximum absolute atomic E-state index is 13.4. The molecule has 0 bridgehead atoms. The number of rotatable bonds is 8. The largest absolute Gasteiger partial charge is 0.478 e. The van der Waals surface area contributed by atoms with E-state index in [1.165, 1.54) is 10.5 Å². The number of anilines is 1. The number of aromatic nitrogens is 3. The molecule has 11 heteroatoms. The lowest BCUT2D eigenvalue weighted by atomic mass is 10.1. The van der Waals surface area contributed by atoms with Crippen LogP contribution in [0.25, 0.3) is 11.7 Å². The van der Waals surface area contributed by atoms with Gasteiger partial charge in [-0.15, -0.1) is 11.3 Å². The molecule has 190 valence electrons. The van der Waals surface area contributed by atoms with Crippen molar-refractivity contribution >= 4 is 40.9 Å². The Kier molecular flexibility index (Phi) is 7.68. The molecular formula is C25H29N5O5S. The van der Waals surface area contributed by atoms with Gasteiger partial charge in [-0.3, -0.25) is 9.20 Å². The molecule has 1 atom stereocenters. The highest BCUT2D eigenvalue weighted by molar-refractivity contribution is 7.09. The van der Waals surface area contributed by atoms with Gasteiger partial charge >= 0.3 is 12.1 Å². The van der Waals surface area contributed by atoms with Crippen LogP contribution in [0.4, 0.5) is 10.6 Å². The first-order chi connectivity index (χ1) is 17.2. The van der Waals surface area contributed by atoms with Crippen LogP contribution in [0.3, 0.4) is 0 Å². The predicted molar refractivity (Wildman–Crippen MR) is 138 cm³/mol. The number of hydrogen-bond donors (Lipinski definition) is 2. The summed E-state index contributed by atoms with van der Waals surface area (Å²) in [5.74, 6) is -0.427. The molecule has 4 rings (SSSR count). The molecule has 3 aromatic heterocycles. The van der Waals surface area contributed by atoms with Crippen LogP contribution in [0.15, 0.2) is 34.6 Å². The lowest BCUT2D eigenvalue weighted by Gasteiger charge is -2.33. The quantitative estimate of drug-likeness (QED) is 0.439. The Hall–Kier alpha value is -3.73. The predicted octanol–water partition coefficient (Wildman–Crippen LogP) is 3.22. The van der Waals surface area contributed by atoms with Crippen molar-refractivity contribution in [1.29, 1.82) is 0 Å². The number of carboxylic acids is 1. The molecule has 0 spiro atoms. The number of ether oxygens (including phenoxy) is 1. The molecule has 10 nitrogen and oxygen atoms in total. The first-order valence-corrected chi connectivity index (χ1v) is 12.7. The van der Waals surface area contributed by atoms with Crippen LogP contribution in [0.5, 0.6) is 0 Å². The van der Waals surface area contributed by atoms with Crippen LogP contribution >= 0.6 is 11.3 Å². The van der Waals surface area contributed by atoms with Gasteiger partial charge in [-0.2, -0.15) is 0 Å². The van der Waals surface area contributed by atoms with Gasteiger partial charge in [0.05, 0.1) is 22.8 Å². The lowest BCUT2D eigenvalue weighted by molar-refractivity contribution is -0.131. The van der Waals surface area contributed by atoms with Crippen LogP contribution in [0.1, 0.15) is 54.4 Å². The van der Waals surface area contributed by atoms with Crippen molar-refractivity contribution in [2.75, 3.05) is 18.0 Å². The Morgan fingerprint density at radius 2 is 2.14 bits per heavy atom. The zero-order chi connectivity index (χ0) is 25.8. The Balaban J connectivity index is 1.67. The normalized spacial score (nSPS) is 16.2. The van der Waals surface area contributed by atoms with Gasteiger partial charge in [0.1, 0.15) is 17.6 Å². The van der Waals surface area contributed by atoms with Gasteiger partial charge in [-0.05, 0) is 49.0 Å². The minimum Gasteiger partial charge on any atom is -0.478 e. The van der Waals surface area contributed by atoms with E-state index in [2.05, 4.69) is 19.2 Å². The Bertz CT molecular complexity index is 1360. The van der Waals surface area contributed by atoms with E-state index in [1.807, 2.05) is 17.0 Å². The molecule has 1 aliphatic heterocycles.